The summed E-state index contributed by atoms with van der Waals surface area (Å²) in [5, 5.41) is 13.6. The van der Waals surface area contributed by atoms with E-state index in [0.29, 0.717) is 48.8 Å². The zero-order valence-electron chi connectivity index (χ0n) is 18.6. The molecule has 1 fully saturated rings. The van der Waals surface area contributed by atoms with Gasteiger partial charge in [-0.15, -0.1) is 6.42 Å². The van der Waals surface area contributed by atoms with Gasteiger partial charge < -0.3 is 24.8 Å². The molecule has 2 heterocycles. The van der Waals surface area contributed by atoms with Crippen LogP contribution >= 0.6 is 0 Å². The highest BCUT2D eigenvalue weighted by atomic mass is 16.5. The van der Waals surface area contributed by atoms with Crippen molar-refractivity contribution in [2.45, 2.75) is 32.0 Å². The number of nitrogens with zero attached hydrogens (tertiary/aromatic N) is 3. The van der Waals surface area contributed by atoms with E-state index in [9.17, 15) is 9.90 Å². The summed E-state index contributed by atoms with van der Waals surface area (Å²) < 4.78 is 11.8. The maximum atomic E-state index is 12.0. The molecule has 1 saturated heterocycles. The van der Waals surface area contributed by atoms with E-state index in [-0.39, 0.29) is 12.0 Å². The second-order valence-corrected chi connectivity index (χ2v) is 7.91. The topological polar surface area (TPSA) is 96.8 Å². The molecule has 1 aromatic heterocycles. The number of hydrogen-bond acceptors (Lipinski definition) is 7. The van der Waals surface area contributed by atoms with Gasteiger partial charge in [0.15, 0.2) is 11.5 Å². The Hall–Kier alpha value is -3.83. The zero-order valence-corrected chi connectivity index (χ0v) is 18.6. The first-order valence-electron chi connectivity index (χ1n) is 10.8. The van der Waals surface area contributed by atoms with Crippen molar-refractivity contribution in [3.8, 4) is 23.8 Å². The number of methoxy groups -OCH3 is 1. The molecule has 1 atom stereocenters. The number of benzene rings is 2. The minimum absolute atomic E-state index is 0.0691. The van der Waals surface area contributed by atoms with E-state index in [0.717, 1.165) is 16.6 Å². The number of hydrogen-bond donors (Lipinski definition) is 2. The van der Waals surface area contributed by atoms with Crippen molar-refractivity contribution in [2.75, 3.05) is 25.5 Å². The van der Waals surface area contributed by atoms with E-state index in [1.165, 1.54) is 13.3 Å². The summed E-state index contributed by atoms with van der Waals surface area (Å²) in [6.07, 6.45) is 7.28. The molecular formula is C25H26N4O4. The molecule has 1 amide bonds. The second-order valence-electron chi connectivity index (χ2n) is 7.91. The van der Waals surface area contributed by atoms with Crippen LogP contribution in [0.4, 0.5) is 11.5 Å². The third kappa shape index (κ3) is 4.99. The number of aliphatic hydroxyl groups excluding tert-OH is 1. The summed E-state index contributed by atoms with van der Waals surface area (Å²) in [6.45, 7) is 2.57. The molecule has 2 aromatic carbocycles. The normalized spacial score (nSPS) is 15.0. The number of terminal acetylenes is 1. The SMILES string of the molecule is C#Cc1cccc(Nc2ncnc3cc(OC4CCN(C(=O)C(C)O)CC4)c(OC)cc23)c1. The highest BCUT2D eigenvalue weighted by Gasteiger charge is 2.27. The summed E-state index contributed by atoms with van der Waals surface area (Å²) in [5.41, 5.74) is 2.30. The Labute approximate surface area is 192 Å². The first kappa shape index (κ1) is 22.4. The van der Waals surface area contributed by atoms with E-state index in [1.807, 2.05) is 36.4 Å². The average Bonchev–Trinajstić information content (AvgIpc) is 2.84. The fourth-order valence-corrected chi connectivity index (χ4v) is 3.88. The summed E-state index contributed by atoms with van der Waals surface area (Å²) >= 11 is 0. The fourth-order valence-electron chi connectivity index (χ4n) is 3.88. The molecule has 4 rings (SSSR count). The van der Waals surface area contributed by atoms with E-state index in [4.69, 9.17) is 15.9 Å². The molecule has 0 saturated carbocycles. The highest BCUT2D eigenvalue weighted by Crippen LogP contribution is 2.36. The van der Waals surface area contributed by atoms with Gasteiger partial charge in [0.25, 0.3) is 5.91 Å². The molecule has 170 valence electrons. The molecule has 33 heavy (non-hydrogen) atoms. The Morgan fingerprint density at radius 3 is 2.73 bits per heavy atom. The quantitative estimate of drug-likeness (QED) is 0.562. The van der Waals surface area contributed by atoms with Crippen LogP contribution in [0.15, 0.2) is 42.7 Å². The molecule has 8 nitrogen and oxygen atoms in total. The van der Waals surface area contributed by atoms with Crippen molar-refractivity contribution in [2.24, 2.45) is 0 Å². The van der Waals surface area contributed by atoms with Gasteiger partial charge in [-0.2, -0.15) is 0 Å². The number of aromatic nitrogens is 2. The predicted molar refractivity (Wildman–Crippen MR) is 126 cm³/mol. The van der Waals surface area contributed by atoms with Crippen LogP contribution in [0.1, 0.15) is 25.3 Å². The van der Waals surface area contributed by atoms with E-state index >= 15 is 0 Å². The number of anilines is 2. The first-order valence-corrected chi connectivity index (χ1v) is 10.8. The Kier molecular flexibility index (Phi) is 6.61. The van der Waals surface area contributed by atoms with Crippen molar-refractivity contribution in [3.63, 3.8) is 0 Å². The molecule has 8 heteroatoms. The molecule has 1 aliphatic rings. The van der Waals surface area contributed by atoms with Crippen LogP contribution < -0.4 is 14.8 Å². The Bertz CT molecular complexity index is 1200. The molecule has 0 spiro atoms. The van der Waals surface area contributed by atoms with Crippen molar-refractivity contribution in [3.05, 3.63) is 48.3 Å². The number of piperidine rings is 1. The number of fused-ring (bicyclic) bond motifs is 1. The van der Waals surface area contributed by atoms with Crippen molar-refractivity contribution in [1.82, 2.24) is 14.9 Å². The second kappa shape index (κ2) is 9.76. The van der Waals surface area contributed by atoms with Gasteiger partial charge >= 0.3 is 0 Å². The largest absolute Gasteiger partial charge is 0.493 e. The maximum Gasteiger partial charge on any atom is 0.251 e. The van der Waals surface area contributed by atoms with Gasteiger partial charge in [-0.1, -0.05) is 12.0 Å². The molecule has 0 bridgehead atoms. The van der Waals surface area contributed by atoms with Crippen LogP contribution in [0.5, 0.6) is 11.5 Å². The van der Waals surface area contributed by atoms with Gasteiger partial charge in [0.05, 0.1) is 12.6 Å². The summed E-state index contributed by atoms with van der Waals surface area (Å²) in [5.74, 6) is 4.16. The molecule has 3 aromatic rings. The molecule has 2 N–H and O–H groups in total. The van der Waals surface area contributed by atoms with Crippen molar-refractivity contribution in [1.29, 1.82) is 0 Å². The minimum atomic E-state index is -0.986. The van der Waals surface area contributed by atoms with Gasteiger partial charge in [0.2, 0.25) is 0 Å². The maximum absolute atomic E-state index is 12.0. The lowest BCUT2D eigenvalue weighted by Crippen LogP contribution is -2.45. The smallest absolute Gasteiger partial charge is 0.251 e. The number of nitrogens with one attached hydrogen (secondary N) is 1. The Morgan fingerprint density at radius 2 is 2.03 bits per heavy atom. The average molecular weight is 447 g/mol. The lowest BCUT2D eigenvalue weighted by molar-refractivity contribution is -0.141. The number of aliphatic hydroxyl groups is 1. The third-order valence-corrected chi connectivity index (χ3v) is 5.62. The number of likely N-dealkylation sites (tertiary alicyclic amines) is 1. The van der Waals surface area contributed by atoms with Crippen LogP contribution in [-0.4, -0.2) is 58.3 Å². The predicted octanol–water partition coefficient (Wildman–Crippen LogP) is 3.11. The molecule has 1 aliphatic heterocycles. The van der Waals surface area contributed by atoms with Crippen molar-refractivity contribution < 1.29 is 19.4 Å². The summed E-state index contributed by atoms with van der Waals surface area (Å²) in [4.78, 5) is 22.5. The van der Waals surface area contributed by atoms with Gasteiger partial charge in [-0.25, -0.2) is 9.97 Å². The fraction of sp³-hybridized carbons (Fsp3) is 0.320. The minimum Gasteiger partial charge on any atom is -0.493 e. The first-order chi connectivity index (χ1) is 16.0. The molecule has 0 radical (unpaired) electrons. The third-order valence-electron chi connectivity index (χ3n) is 5.62. The lowest BCUT2D eigenvalue weighted by Gasteiger charge is -2.33. The number of carbonyl (C=O) groups excluding carboxylic acids is 1. The number of amides is 1. The van der Waals surface area contributed by atoms with Gasteiger partial charge in [0.1, 0.15) is 24.4 Å². The molecule has 1 unspecified atom stereocenters. The number of ether oxygens (including phenoxy) is 2. The van der Waals surface area contributed by atoms with E-state index in [2.05, 4.69) is 21.2 Å². The van der Waals surface area contributed by atoms with Crippen LogP contribution in [0.3, 0.4) is 0 Å². The van der Waals surface area contributed by atoms with Crippen LogP contribution in [0.2, 0.25) is 0 Å². The zero-order chi connectivity index (χ0) is 23.4. The summed E-state index contributed by atoms with van der Waals surface area (Å²) in [7, 11) is 1.59. The van der Waals surface area contributed by atoms with E-state index in [1.54, 1.807) is 12.0 Å². The van der Waals surface area contributed by atoms with Crippen molar-refractivity contribution >= 4 is 28.3 Å². The standard InChI is InChI=1S/C25H26N4O4/c1-4-17-6-5-7-18(12-17)28-24-20-13-22(32-3)23(14-21(20)26-15-27-24)33-19-8-10-29(11-9-19)25(31)16(2)30/h1,5-7,12-16,19,30H,8-11H2,2-3H3,(H,26,27,28). The lowest BCUT2D eigenvalue weighted by atomic mass is 10.1. The van der Waals surface area contributed by atoms with E-state index < -0.39 is 6.10 Å². The Balaban J connectivity index is 1.55. The van der Waals surface area contributed by atoms with Crippen LogP contribution in [-0.2, 0) is 4.79 Å². The molecular weight excluding hydrogens is 420 g/mol. The summed E-state index contributed by atoms with van der Waals surface area (Å²) in [6, 6.07) is 11.2. The van der Waals surface area contributed by atoms with Crippen LogP contribution in [0.25, 0.3) is 10.9 Å². The van der Waals surface area contributed by atoms with Crippen LogP contribution in [0, 0.1) is 12.3 Å². The van der Waals surface area contributed by atoms with Gasteiger partial charge in [-0.05, 0) is 31.2 Å². The monoisotopic (exact) mass is 446 g/mol. The highest BCUT2D eigenvalue weighted by molar-refractivity contribution is 5.93. The van der Waals surface area contributed by atoms with Gasteiger partial charge in [0, 0.05) is 48.6 Å². The Morgan fingerprint density at radius 1 is 1.24 bits per heavy atom. The number of carbonyl (C=O) groups is 1. The molecule has 0 aliphatic carbocycles. The number of rotatable bonds is 6. The van der Waals surface area contributed by atoms with Gasteiger partial charge in [-0.3, -0.25) is 4.79 Å².